The Bertz CT molecular complexity index is 2800. The summed E-state index contributed by atoms with van der Waals surface area (Å²) in [5.41, 5.74) is 30.7. The molecule has 0 radical (unpaired) electrons. The summed E-state index contributed by atoms with van der Waals surface area (Å²) in [6.07, 6.45) is 15.3. The van der Waals surface area contributed by atoms with Gasteiger partial charge in [0.25, 0.3) is 0 Å². The Morgan fingerprint density at radius 3 is 1.94 bits per heavy atom. The van der Waals surface area contributed by atoms with E-state index >= 15 is 0 Å². The molecule has 6 aromatic carbocycles. The van der Waals surface area contributed by atoms with Crippen LogP contribution in [-0.2, 0) is 5.41 Å². The van der Waals surface area contributed by atoms with Gasteiger partial charge in [0, 0.05) is 23.7 Å². The van der Waals surface area contributed by atoms with Gasteiger partial charge in [0.2, 0.25) is 0 Å². The first-order valence-corrected chi connectivity index (χ1v) is 21.7. The van der Waals surface area contributed by atoms with E-state index in [0.29, 0.717) is 6.42 Å². The number of hydrogen-bond donors (Lipinski definition) is 3. The lowest BCUT2D eigenvalue weighted by Crippen LogP contribution is -2.36. The number of likely N-dealkylation sites (N-methyl/N-ethyl adjacent to an activating group) is 1. The van der Waals surface area contributed by atoms with E-state index < -0.39 is 5.41 Å². The zero-order valence-electron chi connectivity index (χ0n) is 35.1. The highest BCUT2D eigenvalue weighted by Gasteiger charge is 2.47. The van der Waals surface area contributed by atoms with Gasteiger partial charge < -0.3 is 16.8 Å². The van der Waals surface area contributed by atoms with Crippen LogP contribution in [0.25, 0.3) is 50.3 Å². The summed E-state index contributed by atoms with van der Waals surface area (Å²) in [6, 6.07) is 59.9. The Kier molecular flexibility index (Phi) is 10.6. The largest absolute Gasteiger partial charge is 0.405 e. The van der Waals surface area contributed by atoms with Gasteiger partial charge in [-0.3, -0.25) is 4.90 Å². The molecule has 0 saturated heterocycles. The molecule has 1 unspecified atom stereocenters. The molecule has 1 aromatic heterocycles. The van der Waals surface area contributed by atoms with Crippen LogP contribution in [0.15, 0.2) is 206 Å². The Labute approximate surface area is 365 Å². The summed E-state index contributed by atoms with van der Waals surface area (Å²) in [5.74, 6) is 0. The Balaban J connectivity index is 1.03. The second-order valence-electron chi connectivity index (χ2n) is 16.7. The van der Waals surface area contributed by atoms with Crippen molar-refractivity contribution >= 4 is 5.57 Å². The van der Waals surface area contributed by atoms with Gasteiger partial charge in [0.15, 0.2) is 0 Å². The molecule has 5 N–H and O–H groups in total. The highest BCUT2D eigenvalue weighted by Crippen LogP contribution is 2.57. The third-order valence-electron chi connectivity index (χ3n) is 13.0. The maximum atomic E-state index is 6.49. The van der Waals surface area contributed by atoms with Gasteiger partial charge >= 0.3 is 0 Å². The number of nitrogens with zero attached hydrogens (tertiary/aromatic N) is 2. The Morgan fingerprint density at radius 1 is 0.694 bits per heavy atom. The molecule has 0 amide bonds. The second-order valence-corrected chi connectivity index (χ2v) is 16.7. The van der Waals surface area contributed by atoms with E-state index in [1.54, 1.807) is 6.20 Å². The third-order valence-corrected chi connectivity index (χ3v) is 13.0. The summed E-state index contributed by atoms with van der Waals surface area (Å²) in [6.45, 7) is 0.907. The quantitative estimate of drug-likeness (QED) is 0.128. The van der Waals surface area contributed by atoms with Crippen molar-refractivity contribution in [1.82, 2.24) is 15.2 Å². The second kappa shape index (κ2) is 16.8. The topological polar surface area (TPSA) is 80.2 Å². The van der Waals surface area contributed by atoms with Crippen LogP contribution in [0, 0.1) is 0 Å². The number of rotatable bonds is 10. The summed E-state index contributed by atoms with van der Waals surface area (Å²) >= 11 is 0. The van der Waals surface area contributed by atoms with Crippen molar-refractivity contribution in [3.63, 3.8) is 0 Å². The molecule has 0 bridgehead atoms. The van der Waals surface area contributed by atoms with Crippen molar-refractivity contribution in [2.45, 2.75) is 36.9 Å². The number of hydrogen-bond acceptors (Lipinski definition) is 5. The highest BCUT2D eigenvalue weighted by atomic mass is 15.3. The van der Waals surface area contributed by atoms with Gasteiger partial charge in [0.1, 0.15) is 6.17 Å². The molecule has 7 aromatic rings. The number of allylic oxidation sites excluding steroid dienone is 4. The molecular weight excluding hydrogens is 755 g/mol. The number of nitrogens with two attached hydrogens (primary N) is 2. The van der Waals surface area contributed by atoms with Gasteiger partial charge in [-0.05, 0) is 124 Å². The van der Waals surface area contributed by atoms with Crippen molar-refractivity contribution in [2.24, 2.45) is 11.5 Å². The van der Waals surface area contributed by atoms with E-state index in [1.165, 1.54) is 50.1 Å². The van der Waals surface area contributed by atoms with Crippen molar-refractivity contribution in [3.8, 4) is 44.8 Å². The van der Waals surface area contributed by atoms with Crippen LogP contribution in [-0.4, -0.2) is 23.5 Å². The Hall–Kier alpha value is -7.05. The first kappa shape index (κ1) is 39.1. The molecule has 5 nitrogen and oxygen atoms in total. The average molecular weight is 806 g/mol. The van der Waals surface area contributed by atoms with Crippen LogP contribution in [0.5, 0.6) is 0 Å². The lowest BCUT2D eigenvalue weighted by atomic mass is 9.66. The summed E-state index contributed by atoms with van der Waals surface area (Å²) in [5, 5.41) is 3.49. The average Bonchev–Trinajstić information content (AvgIpc) is 3.64. The molecule has 62 heavy (non-hydrogen) atoms. The van der Waals surface area contributed by atoms with Crippen LogP contribution < -0.4 is 16.8 Å². The number of benzene rings is 6. The van der Waals surface area contributed by atoms with Crippen molar-refractivity contribution < 1.29 is 0 Å². The van der Waals surface area contributed by atoms with Crippen molar-refractivity contribution in [1.29, 1.82) is 0 Å². The molecule has 1 aliphatic heterocycles. The van der Waals surface area contributed by atoms with Gasteiger partial charge in [-0.1, -0.05) is 170 Å². The lowest BCUT2D eigenvalue weighted by molar-refractivity contribution is 0.233. The fraction of sp³-hybridized carbons (Fsp3) is 0.140. The maximum absolute atomic E-state index is 6.49. The van der Waals surface area contributed by atoms with Crippen LogP contribution in [0.4, 0.5) is 0 Å². The van der Waals surface area contributed by atoms with E-state index in [0.717, 1.165) is 58.6 Å². The van der Waals surface area contributed by atoms with Crippen LogP contribution in [0.2, 0.25) is 0 Å². The predicted octanol–water partition coefficient (Wildman–Crippen LogP) is 12.1. The summed E-state index contributed by atoms with van der Waals surface area (Å²) in [4.78, 5) is 7.62. The predicted molar refractivity (Wildman–Crippen MR) is 257 cm³/mol. The van der Waals surface area contributed by atoms with E-state index in [4.69, 9.17) is 16.5 Å². The zero-order valence-corrected chi connectivity index (χ0v) is 35.1. The van der Waals surface area contributed by atoms with Gasteiger partial charge in [-0.2, -0.15) is 0 Å². The first-order chi connectivity index (χ1) is 30.5. The number of nitrogens with one attached hydrogen (secondary N) is 1. The minimum absolute atomic E-state index is 0.116. The SMILES string of the molecule is CN1CC=CNC1c1ccc(-c2cc(-c3ccc([C@H](N)C/C=C\N)cc3)cc(-c3ccc(-c4ccc5c(c4)C(c4ccccc4)(c4ccccc4)C4=C5CCC=C4)cc3)n2)cc1. The minimum Gasteiger partial charge on any atom is -0.405 e. The molecular formula is C57H51N5. The van der Waals surface area contributed by atoms with E-state index in [2.05, 4.69) is 199 Å². The molecule has 5 heteroatoms. The van der Waals surface area contributed by atoms with Crippen LogP contribution >= 0.6 is 0 Å². The maximum Gasteiger partial charge on any atom is 0.105 e. The molecule has 0 spiro atoms. The number of pyridine rings is 1. The van der Waals surface area contributed by atoms with Crippen molar-refractivity contribution in [3.05, 3.63) is 239 Å². The molecule has 2 heterocycles. The van der Waals surface area contributed by atoms with Gasteiger partial charge in [-0.15, -0.1) is 0 Å². The molecule has 2 atom stereocenters. The van der Waals surface area contributed by atoms with Gasteiger partial charge in [-0.25, -0.2) is 4.98 Å². The monoisotopic (exact) mass is 805 g/mol. The molecule has 304 valence electrons. The van der Waals surface area contributed by atoms with Crippen molar-refractivity contribution in [2.75, 3.05) is 13.6 Å². The summed E-state index contributed by atoms with van der Waals surface area (Å²) in [7, 11) is 2.14. The molecule has 10 rings (SSSR count). The standard InChI is InChI=1S/C57H51N5/c1-62-35-11-34-60-56(62)44-29-27-43(28-30-44)55-38-46(40-19-23-41(24-20-40)53(59)18-10-33-58)37-54(61-55)42-25-21-39(22-26-42)45-31-32-50-49-16-8-9-17-51(49)57(52(50)36-45,47-12-4-2-5-13-47)48-14-6-3-7-15-48/h2-7,9-15,17,19-34,36-38,53,56,60H,8,16,18,35,58-59H2,1H3/b33-10-/t53-,56?/m1/s1. The molecule has 3 aliphatic rings. The Morgan fingerprint density at radius 2 is 1.29 bits per heavy atom. The fourth-order valence-corrected chi connectivity index (χ4v) is 9.81. The number of aromatic nitrogens is 1. The minimum atomic E-state index is -0.399. The highest BCUT2D eigenvalue weighted by molar-refractivity contribution is 5.90. The van der Waals surface area contributed by atoms with E-state index in [1.807, 2.05) is 12.3 Å². The molecule has 0 fully saturated rings. The first-order valence-electron chi connectivity index (χ1n) is 21.7. The molecule has 2 aliphatic carbocycles. The summed E-state index contributed by atoms with van der Waals surface area (Å²) < 4.78 is 0. The van der Waals surface area contributed by atoms with Crippen LogP contribution in [0.3, 0.4) is 0 Å². The fourth-order valence-electron chi connectivity index (χ4n) is 9.81. The third kappa shape index (κ3) is 7.09. The van der Waals surface area contributed by atoms with E-state index in [-0.39, 0.29) is 12.2 Å². The zero-order chi connectivity index (χ0) is 42.0. The van der Waals surface area contributed by atoms with E-state index in [9.17, 15) is 0 Å². The normalized spacial score (nSPS) is 17.2. The lowest BCUT2D eigenvalue weighted by Gasteiger charge is -2.35. The molecule has 0 saturated carbocycles. The van der Waals surface area contributed by atoms with Gasteiger partial charge in [0.05, 0.1) is 16.8 Å². The smallest absolute Gasteiger partial charge is 0.105 e. The number of fused-ring (bicyclic) bond motifs is 2. The van der Waals surface area contributed by atoms with Crippen LogP contribution in [0.1, 0.15) is 64.9 Å².